The summed E-state index contributed by atoms with van der Waals surface area (Å²) in [5.41, 5.74) is 1.71. The third-order valence-corrected chi connectivity index (χ3v) is 6.52. The van der Waals surface area contributed by atoms with Crippen LogP contribution in [0.25, 0.3) is 22.3 Å². The zero-order valence-corrected chi connectivity index (χ0v) is 19.2. The predicted molar refractivity (Wildman–Crippen MR) is 124 cm³/mol. The Hall–Kier alpha value is -3.37. The molecule has 9 nitrogen and oxygen atoms in total. The van der Waals surface area contributed by atoms with Crippen molar-refractivity contribution in [3.8, 4) is 11.3 Å². The number of halogens is 2. The van der Waals surface area contributed by atoms with Crippen LogP contribution in [0.2, 0.25) is 5.02 Å². The predicted octanol–water partition coefficient (Wildman–Crippen LogP) is 2.90. The fraction of sp³-hybridized carbons (Fsp3) is 0.348. The molecule has 1 aromatic carbocycles. The van der Waals surface area contributed by atoms with Gasteiger partial charge < -0.3 is 9.64 Å². The highest BCUT2D eigenvalue weighted by atomic mass is 35.5. The standard InChI is InChI=1S/C23H21ClFN7O2/c1-30-11-13(10-26-30)17-12-31(7-8-34-17)23-28-19(15-5-4-14(24)9-16(15)25)20-21(29-23)22(33)32-6-2-3-18(32)27-20/h4-5,9-11,17H,2-3,6-8,12H2,1H3/t17-/m1/s1. The molecule has 11 heteroatoms. The molecule has 1 fully saturated rings. The molecule has 6 rings (SSSR count). The highest BCUT2D eigenvalue weighted by molar-refractivity contribution is 6.30. The first kappa shape index (κ1) is 21.2. The minimum absolute atomic E-state index is 0.185. The van der Waals surface area contributed by atoms with Crippen LogP contribution in [0.1, 0.15) is 23.9 Å². The van der Waals surface area contributed by atoms with E-state index >= 15 is 0 Å². The Labute approximate surface area is 198 Å². The number of fused-ring (bicyclic) bond motifs is 2. The second-order valence-corrected chi connectivity index (χ2v) is 8.97. The number of benzene rings is 1. The fourth-order valence-electron chi connectivity index (χ4n) is 4.60. The lowest BCUT2D eigenvalue weighted by molar-refractivity contribution is 0.0392. The van der Waals surface area contributed by atoms with E-state index in [1.165, 1.54) is 6.07 Å². The summed E-state index contributed by atoms with van der Waals surface area (Å²) in [4.78, 5) is 29.3. The Bertz CT molecular complexity index is 1480. The number of ether oxygens (including phenoxy) is 1. The Morgan fingerprint density at radius 2 is 2.06 bits per heavy atom. The van der Waals surface area contributed by atoms with E-state index in [0.29, 0.717) is 50.0 Å². The molecule has 0 amide bonds. The van der Waals surface area contributed by atoms with E-state index in [0.717, 1.165) is 12.0 Å². The maximum absolute atomic E-state index is 15.0. The summed E-state index contributed by atoms with van der Waals surface area (Å²) in [6.07, 6.45) is 4.97. The maximum atomic E-state index is 15.0. The van der Waals surface area contributed by atoms with Gasteiger partial charge in [0.15, 0.2) is 5.52 Å². The average molecular weight is 482 g/mol. The number of anilines is 1. The van der Waals surface area contributed by atoms with Crippen LogP contribution in [0, 0.1) is 5.82 Å². The summed E-state index contributed by atoms with van der Waals surface area (Å²) in [6.45, 7) is 2.05. The lowest BCUT2D eigenvalue weighted by Gasteiger charge is -2.32. The second-order valence-electron chi connectivity index (χ2n) is 8.53. The van der Waals surface area contributed by atoms with Gasteiger partial charge in [-0.2, -0.15) is 5.10 Å². The van der Waals surface area contributed by atoms with Gasteiger partial charge in [-0.1, -0.05) is 11.6 Å². The topological polar surface area (TPSA) is 91.0 Å². The summed E-state index contributed by atoms with van der Waals surface area (Å²) < 4.78 is 24.3. The number of hydrogen-bond donors (Lipinski definition) is 0. The monoisotopic (exact) mass is 481 g/mol. The van der Waals surface area contributed by atoms with Crippen molar-refractivity contribution in [3.05, 3.63) is 63.2 Å². The van der Waals surface area contributed by atoms with Crippen molar-refractivity contribution in [2.45, 2.75) is 25.5 Å². The Kier molecular flexibility index (Phi) is 5.07. The molecule has 3 aromatic heterocycles. The first-order valence-corrected chi connectivity index (χ1v) is 11.5. The van der Waals surface area contributed by atoms with Gasteiger partial charge in [0.25, 0.3) is 5.56 Å². The number of hydrogen-bond acceptors (Lipinski definition) is 7. The molecule has 1 atom stereocenters. The van der Waals surface area contributed by atoms with E-state index in [1.807, 2.05) is 18.1 Å². The first-order chi connectivity index (χ1) is 16.5. The fourth-order valence-corrected chi connectivity index (χ4v) is 4.76. The molecular formula is C23H21ClFN7O2. The van der Waals surface area contributed by atoms with E-state index in [1.54, 1.807) is 27.6 Å². The van der Waals surface area contributed by atoms with E-state index in [9.17, 15) is 9.18 Å². The second kappa shape index (κ2) is 8.14. The van der Waals surface area contributed by atoms with Crippen LogP contribution in [0.4, 0.5) is 10.3 Å². The summed E-state index contributed by atoms with van der Waals surface area (Å²) in [6, 6.07) is 4.40. The molecular weight excluding hydrogens is 461 g/mol. The summed E-state index contributed by atoms with van der Waals surface area (Å²) in [7, 11) is 1.85. The van der Waals surface area contributed by atoms with Crippen molar-refractivity contribution < 1.29 is 9.13 Å². The molecule has 0 radical (unpaired) electrons. The lowest BCUT2D eigenvalue weighted by atomic mass is 10.1. The molecule has 0 spiro atoms. The molecule has 1 saturated heterocycles. The number of morpholine rings is 1. The molecule has 0 bridgehead atoms. The molecule has 4 aromatic rings. The molecule has 34 heavy (non-hydrogen) atoms. The van der Waals surface area contributed by atoms with Crippen LogP contribution >= 0.6 is 11.6 Å². The molecule has 2 aliphatic heterocycles. The minimum atomic E-state index is -0.531. The van der Waals surface area contributed by atoms with Gasteiger partial charge >= 0.3 is 0 Å². The van der Waals surface area contributed by atoms with Gasteiger partial charge in [-0.15, -0.1) is 0 Å². The van der Waals surface area contributed by atoms with Crippen molar-refractivity contribution in [3.63, 3.8) is 0 Å². The van der Waals surface area contributed by atoms with Crippen molar-refractivity contribution in [2.24, 2.45) is 7.05 Å². The van der Waals surface area contributed by atoms with Crippen LogP contribution in [-0.4, -0.2) is 49.0 Å². The smallest absolute Gasteiger partial charge is 0.280 e. The molecule has 174 valence electrons. The largest absolute Gasteiger partial charge is 0.370 e. The van der Waals surface area contributed by atoms with Gasteiger partial charge in [-0.05, 0) is 24.6 Å². The SMILES string of the molecule is Cn1cc([C@H]2CN(c3nc(-c4ccc(Cl)cc4F)c4nc5n(c(=O)c4n3)CCC5)CCO2)cn1. The van der Waals surface area contributed by atoms with Crippen molar-refractivity contribution in [1.29, 1.82) is 0 Å². The maximum Gasteiger partial charge on any atom is 0.280 e. The zero-order chi connectivity index (χ0) is 23.4. The summed E-state index contributed by atoms with van der Waals surface area (Å²) in [5, 5.41) is 4.51. The van der Waals surface area contributed by atoms with Crippen molar-refractivity contribution in [1.82, 2.24) is 29.3 Å². The molecule has 5 heterocycles. The first-order valence-electron chi connectivity index (χ1n) is 11.1. The third-order valence-electron chi connectivity index (χ3n) is 6.29. The summed E-state index contributed by atoms with van der Waals surface area (Å²) in [5.74, 6) is 0.482. The molecule has 2 aliphatic rings. The zero-order valence-electron chi connectivity index (χ0n) is 18.4. The number of nitrogens with zero attached hydrogens (tertiary/aromatic N) is 7. The normalized spacial score (nSPS) is 18.0. The van der Waals surface area contributed by atoms with E-state index < -0.39 is 5.82 Å². The van der Waals surface area contributed by atoms with Gasteiger partial charge in [-0.25, -0.2) is 19.3 Å². The van der Waals surface area contributed by atoms with Gasteiger partial charge in [0, 0.05) is 48.9 Å². The molecule has 0 saturated carbocycles. The van der Waals surface area contributed by atoms with Crippen LogP contribution in [-0.2, 0) is 24.8 Å². The van der Waals surface area contributed by atoms with E-state index in [4.69, 9.17) is 26.3 Å². The summed E-state index contributed by atoms with van der Waals surface area (Å²) >= 11 is 5.98. The van der Waals surface area contributed by atoms with E-state index in [-0.39, 0.29) is 33.5 Å². The Morgan fingerprint density at radius 3 is 2.85 bits per heavy atom. The van der Waals surface area contributed by atoms with Gasteiger partial charge in [-0.3, -0.25) is 14.0 Å². The molecule has 0 aliphatic carbocycles. The number of aromatic nitrogens is 6. The molecule has 0 N–H and O–H groups in total. The third kappa shape index (κ3) is 3.54. The highest BCUT2D eigenvalue weighted by Crippen LogP contribution is 2.32. The number of aryl methyl sites for hydroxylation is 2. The Morgan fingerprint density at radius 1 is 1.18 bits per heavy atom. The Balaban J connectivity index is 1.52. The van der Waals surface area contributed by atoms with Crippen LogP contribution in [0.15, 0.2) is 35.4 Å². The van der Waals surface area contributed by atoms with Crippen molar-refractivity contribution >= 4 is 28.6 Å². The molecule has 0 unspecified atom stereocenters. The van der Waals surface area contributed by atoms with Gasteiger partial charge in [0.2, 0.25) is 5.95 Å². The van der Waals surface area contributed by atoms with E-state index in [2.05, 4.69) is 10.1 Å². The van der Waals surface area contributed by atoms with Crippen molar-refractivity contribution in [2.75, 3.05) is 24.6 Å². The lowest BCUT2D eigenvalue weighted by Crippen LogP contribution is -2.39. The average Bonchev–Trinajstić information content (AvgIpc) is 3.48. The van der Waals surface area contributed by atoms with Gasteiger partial charge in [0.05, 0.1) is 19.3 Å². The minimum Gasteiger partial charge on any atom is -0.370 e. The highest BCUT2D eigenvalue weighted by Gasteiger charge is 2.28. The van der Waals surface area contributed by atoms with Gasteiger partial charge in [0.1, 0.15) is 29.0 Å². The van der Waals surface area contributed by atoms with Crippen LogP contribution in [0.5, 0.6) is 0 Å². The number of rotatable bonds is 3. The van der Waals surface area contributed by atoms with Crippen LogP contribution < -0.4 is 10.5 Å². The quantitative estimate of drug-likeness (QED) is 0.444. The van der Waals surface area contributed by atoms with Crippen LogP contribution in [0.3, 0.4) is 0 Å².